The number of likely N-dealkylation sites (N-methyl/N-ethyl adjacent to an activating group) is 1. The van der Waals surface area contributed by atoms with Crippen LogP contribution in [0.5, 0.6) is 0 Å². The molecule has 3 aliphatic rings. The number of hydrogen-bond donors (Lipinski definition) is 0. The normalized spacial score (nSPS) is 19.2. The summed E-state index contributed by atoms with van der Waals surface area (Å²) in [5.74, 6) is -0.881. The van der Waals surface area contributed by atoms with E-state index in [9.17, 15) is 19.7 Å². The van der Waals surface area contributed by atoms with Crippen molar-refractivity contribution in [2.45, 2.75) is 45.1 Å². The number of anilines is 1. The van der Waals surface area contributed by atoms with Gasteiger partial charge in [0.15, 0.2) is 5.71 Å². The Morgan fingerprint density at radius 3 is 2.14 bits per heavy atom. The summed E-state index contributed by atoms with van der Waals surface area (Å²) in [5, 5.41) is 12.2. The van der Waals surface area contributed by atoms with E-state index in [0.717, 1.165) is 21.8 Å². The fourth-order valence-electron chi connectivity index (χ4n) is 6.79. The molecule has 8 heteroatoms. The lowest BCUT2D eigenvalue weighted by molar-refractivity contribution is -0.401. The number of rotatable bonds is 5. The zero-order valence-electron chi connectivity index (χ0n) is 24.6. The Balaban J connectivity index is 1.35. The van der Waals surface area contributed by atoms with Crippen LogP contribution in [-0.2, 0) is 17.4 Å². The van der Waals surface area contributed by atoms with E-state index in [2.05, 4.69) is 75.7 Å². The lowest BCUT2D eigenvalue weighted by Crippen LogP contribution is -2.29. The van der Waals surface area contributed by atoms with Crippen molar-refractivity contribution in [3.63, 3.8) is 0 Å². The Morgan fingerprint density at radius 1 is 0.905 bits per heavy atom. The molecular formula is C34H33N4O4+. The molecule has 3 heterocycles. The first-order valence-electron chi connectivity index (χ1n) is 14.0. The van der Waals surface area contributed by atoms with Gasteiger partial charge in [0.05, 0.1) is 33.6 Å². The summed E-state index contributed by atoms with van der Waals surface area (Å²) in [6, 6.07) is 18.4. The number of nitrogens with zero attached hydrogens (tertiary/aromatic N) is 4. The Morgan fingerprint density at radius 2 is 1.52 bits per heavy atom. The number of nitro groups is 1. The summed E-state index contributed by atoms with van der Waals surface area (Å²) in [6.07, 6.45) is 6.25. The zero-order valence-corrected chi connectivity index (χ0v) is 24.6. The third-order valence-corrected chi connectivity index (χ3v) is 9.09. The smallest absolute Gasteiger partial charge is 0.274 e. The van der Waals surface area contributed by atoms with Crippen molar-refractivity contribution in [1.82, 2.24) is 4.90 Å². The number of fused-ring (bicyclic) bond motifs is 3. The van der Waals surface area contributed by atoms with E-state index in [1.807, 2.05) is 18.0 Å². The second kappa shape index (κ2) is 9.34. The summed E-state index contributed by atoms with van der Waals surface area (Å²) in [5.41, 5.74) is 6.45. The molecule has 6 rings (SSSR count). The molecule has 0 aromatic heterocycles. The van der Waals surface area contributed by atoms with Crippen LogP contribution in [0.1, 0.15) is 65.1 Å². The van der Waals surface area contributed by atoms with E-state index >= 15 is 0 Å². The van der Waals surface area contributed by atoms with Gasteiger partial charge in [-0.15, -0.1) is 0 Å². The van der Waals surface area contributed by atoms with Gasteiger partial charge in [0.25, 0.3) is 17.5 Å². The average molecular weight is 562 g/mol. The Bertz CT molecular complexity index is 1780. The number of carbonyl (C=O) groups is 2. The van der Waals surface area contributed by atoms with Gasteiger partial charge < -0.3 is 4.90 Å². The maximum absolute atomic E-state index is 13.0. The number of hydrogen-bond acceptors (Lipinski definition) is 5. The summed E-state index contributed by atoms with van der Waals surface area (Å²) in [4.78, 5) is 41.0. The maximum Gasteiger partial charge on any atom is 0.274 e. The first-order valence-corrected chi connectivity index (χ1v) is 14.0. The predicted octanol–water partition coefficient (Wildman–Crippen LogP) is 6.26. The molecule has 0 bridgehead atoms. The molecule has 3 aromatic rings. The van der Waals surface area contributed by atoms with Crippen molar-refractivity contribution in [2.75, 3.05) is 19.0 Å². The van der Waals surface area contributed by atoms with Crippen LogP contribution < -0.4 is 4.90 Å². The van der Waals surface area contributed by atoms with Crippen molar-refractivity contribution >= 4 is 34.6 Å². The first kappa shape index (κ1) is 27.3. The largest absolute Gasteiger partial charge is 0.347 e. The van der Waals surface area contributed by atoms with Crippen molar-refractivity contribution in [3.8, 4) is 0 Å². The summed E-state index contributed by atoms with van der Waals surface area (Å²) in [7, 11) is 4.02. The van der Waals surface area contributed by atoms with Crippen LogP contribution in [0, 0.1) is 10.1 Å². The molecule has 0 aliphatic carbocycles. The molecule has 0 atom stereocenters. The van der Waals surface area contributed by atoms with Gasteiger partial charge in [0.2, 0.25) is 5.69 Å². The highest BCUT2D eigenvalue weighted by molar-refractivity contribution is 6.21. The molecule has 0 spiro atoms. The SMILES string of the molecule is CN1C(=CC=CC2=[N+](C)c3ccccc3C2(C)C)C(C)(C)c2cc([N+](=O)[O-])c(CN3C(=O)c4ccccc4C3=O)cc21. The topological polar surface area (TPSA) is 86.8 Å². The van der Waals surface area contributed by atoms with Gasteiger partial charge in [0.1, 0.15) is 7.05 Å². The predicted molar refractivity (Wildman–Crippen MR) is 163 cm³/mol. The second-order valence-corrected chi connectivity index (χ2v) is 12.2. The summed E-state index contributed by atoms with van der Waals surface area (Å²) < 4.78 is 2.22. The Hall–Kier alpha value is -4.85. The molecule has 0 saturated carbocycles. The lowest BCUT2D eigenvalue weighted by Gasteiger charge is -2.23. The number of nitro benzene ring substituents is 1. The molecule has 3 aliphatic heterocycles. The Kier molecular flexibility index (Phi) is 6.08. The number of imide groups is 1. The fourth-order valence-corrected chi connectivity index (χ4v) is 6.79. The van der Waals surface area contributed by atoms with Gasteiger partial charge in [-0.2, -0.15) is 4.58 Å². The highest BCUT2D eigenvalue weighted by Gasteiger charge is 2.44. The molecule has 0 N–H and O–H groups in total. The number of para-hydroxylation sites is 1. The van der Waals surface area contributed by atoms with Gasteiger partial charge in [-0.05, 0) is 43.7 Å². The molecule has 2 amide bonds. The van der Waals surface area contributed by atoms with Gasteiger partial charge >= 0.3 is 0 Å². The van der Waals surface area contributed by atoms with Crippen LogP contribution >= 0.6 is 0 Å². The molecule has 8 nitrogen and oxygen atoms in total. The van der Waals surface area contributed by atoms with E-state index in [-0.39, 0.29) is 17.6 Å². The van der Waals surface area contributed by atoms with Gasteiger partial charge in [-0.1, -0.05) is 50.3 Å². The monoisotopic (exact) mass is 561 g/mol. The van der Waals surface area contributed by atoms with E-state index in [1.54, 1.807) is 36.4 Å². The van der Waals surface area contributed by atoms with Crippen molar-refractivity contribution in [3.05, 3.63) is 123 Å². The van der Waals surface area contributed by atoms with Gasteiger partial charge in [-0.25, -0.2) is 0 Å². The van der Waals surface area contributed by atoms with Crippen LogP contribution in [0.3, 0.4) is 0 Å². The standard InChI is InChI=1S/C34H33N4O4/c1-33(2)24-14-9-10-15-26(24)35(5)29(33)16-11-17-30-34(3,4)25-19-27(38(41)42)21(18-28(25)36(30)6)20-37-31(39)22-12-7-8-13-23(22)32(37)40/h7-19H,20H2,1-6H3/q+1. The maximum atomic E-state index is 13.0. The number of carbonyl (C=O) groups excluding carboxylic acids is 2. The molecule has 0 fully saturated rings. The summed E-state index contributed by atoms with van der Waals surface area (Å²) >= 11 is 0. The third kappa shape index (κ3) is 3.85. The molecular weight excluding hydrogens is 528 g/mol. The quantitative estimate of drug-likeness (QED) is 0.159. The van der Waals surface area contributed by atoms with Crippen LogP contribution in [0.15, 0.2) is 84.6 Å². The minimum atomic E-state index is -0.516. The van der Waals surface area contributed by atoms with Crippen LogP contribution in [0.2, 0.25) is 0 Å². The third-order valence-electron chi connectivity index (χ3n) is 9.09. The highest BCUT2D eigenvalue weighted by Crippen LogP contribution is 2.49. The second-order valence-electron chi connectivity index (χ2n) is 12.2. The highest BCUT2D eigenvalue weighted by atomic mass is 16.6. The molecule has 0 saturated heterocycles. The van der Waals surface area contributed by atoms with Crippen molar-refractivity contribution in [1.29, 1.82) is 0 Å². The van der Waals surface area contributed by atoms with E-state index < -0.39 is 22.2 Å². The lowest BCUT2D eigenvalue weighted by atomic mass is 9.81. The van der Waals surface area contributed by atoms with Gasteiger partial charge in [-0.3, -0.25) is 24.6 Å². The molecule has 212 valence electrons. The number of allylic oxidation sites excluding steroid dienone is 4. The minimum Gasteiger partial charge on any atom is -0.347 e. The first-order chi connectivity index (χ1) is 19.9. The fraction of sp³-hybridized carbons (Fsp3) is 0.265. The van der Waals surface area contributed by atoms with Gasteiger partial charge in [0, 0.05) is 47.6 Å². The van der Waals surface area contributed by atoms with E-state index in [0.29, 0.717) is 16.7 Å². The molecule has 0 unspecified atom stereocenters. The van der Waals surface area contributed by atoms with E-state index in [4.69, 9.17) is 0 Å². The van der Waals surface area contributed by atoms with Crippen LogP contribution in [0.4, 0.5) is 17.1 Å². The van der Waals surface area contributed by atoms with Crippen LogP contribution in [-0.4, -0.2) is 46.0 Å². The van der Waals surface area contributed by atoms with Crippen LogP contribution in [0.25, 0.3) is 0 Å². The molecule has 42 heavy (non-hydrogen) atoms. The Labute approximate surface area is 245 Å². The minimum absolute atomic E-state index is 0.105. The van der Waals surface area contributed by atoms with Crippen molar-refractivity contribution in [2.24, 2.45) is 0 Å². The number of benzene rings is 3. The van der Waals surface area contributed by atoms with E-state index in [1.165, 1.54) is 17.0 Å². The summed E-state index contributed by atoms with van der Waals surface area (Å²) in [6.45, 7) is 8.37. The molecule has 3 aromatic carbocycles. The molecule has 0 radical (unpaired) electrons. The van der Waals surface area contributed by atoms with Crippen molar-refractivity contribution < 1.29 is 19.1 Å². The number of amides is 2. The average Bonchev–Trinajstić information content (AvgIpc) is 3.40. The zero-order chi connectivity index (χ0) is 30.1.